The van der Waals surface area contributed by atoms with Crippen LogP contribution in [-0.2, 0) is 4.84 Å². The molecule has 4 heteroatoms. The lowest BCUT2D eigenvalue weighted by atomic mass is 10.0. The summed E-state index contributed by atoms with van der Waals surface area (Å²) in [5.41, 5.74) is 3.33. The zero-order valence-corrected chi connectivity index (χ0v) is 11.8. The maximum absolute atomic E-state index is 9.07. The minimum Gasteiger partial charge on any atom is -0.392 e. The lowest BCUT2D eigenvalue weighted by Gasteiger charge is -2.22. The summed E-state index contributed by atoms with van der Waals surface area (Å²) >= 11 is 0. The van der Waals surface area contributed by atoms with Crippen molar-refractivity contribution in [1.82, 2.24) is 0 Å². The van der Waals surface area contributed by atoms with Gasteiger partial charge in [0.25, 0.3) is 0 Å². The number of nitrogens with zero attached hydrogens (tertiary/aromatic N) is 2. The molecule has 1 N–H and O–H groups in total. The number of aliphatic hydroxyl groups excluding tert-OH is 1. The van der Waals surface area contributed by atoms with Crippen LogP contribution >= 0.6 is 0 Å². The second-order valence-electron chi connectivity index (χ2n) is 5.60. The number of oxime groups is 1. The highest BCUT2D eigenvalue weighted by Crippen LogP contribution is 2.22. The molecular formula is C16H22N2O2. The number of rotatable bonds is 3. The van der Waals surface area contributed by atoms with Crippen molar-refractivity contribution in [2.24, 2.45) is 5.16 Å². The van der Waals surface area contributed by atoms with E-state index in [4.69, 9.17) is 9.94 Å². The lowest BCUT2D eigenvalue weighted by molar-refractivity contribution is 0.0390. The molecule has 2 aliphatic heterocycles. The van der Waals surface area contributed by atoms with Gasteiger partial charge in [-0.25, -0.2) is 0 Å². The highest BCUT2D eigenvalue weighted by Gasteiger charge is 2.21. The molecular weight excluding hydrogens is 252 g/mol. The van der Waals surface area contributed by atoms with Crippen LogP contribution in [0.25, 0.3) is 0 Å². The maximum atomic E-state index is 9.07. The summed E-state index contributed by atoms with van der Waals surface area (Å²) in [6.07, 6.45) is 5.81. The van der Waals surface area contributed by atoms with E-state index in [1.807, 2.05) is 0 Å². The molecule has 108 valence electrons. The van der Waals surface area contributed by atoms with Gasteiger partial charge < -0.3 is 14.8 Å². The third-order valence-corrected chi connectivity index (χ3v) is 4.11. The molecule has 2 heterocycles. The van der Waals surface area contributed by atoms with Crippen LogP contribution < -0.4 is 4.90 Å². The monoisotopic (exact) mass is 274 g/mol. The molecule has 1 aromatic carbocycles. The second-order valence-corrected chi connectivity index (χ2v) is 5.60. The van der Waals surface area contributed by atoms with Gasteiger partial charge in [0, 0.05) is 25.2 Å². The Bertz CT molecular complexity index is 462. The molecule has 3 rings (SSSR count). The standard InChI is InChI=1S/C16H22N2O2/c19-12-15-11-16(17-20-15)13-5-7-14(8-6-13)18-9-3-1-2-4-10-18/h5-8,15,19H,1-4,9-12H2. The van der Waals surface area contributed by atoms with Crippen molar-refractivity contribution in [3.63, 3.8) is 0 Å². The van der Waals surface area contributed by atoms with Gasteiger partial charge in [0.05, 0.1) is 12.3 Å². The normalized spacial score (nSPS) is 23.1. The van der Waals surface area contributed by atoms with E-state index in [0.29, 0.717) is 6.42 Å². The molecule has 0 spiro atoms. The number of aliphatic hydroxyl groups is 1. The number of anilines is 1. The summed E-state index contributed by atoms with van der Waals surface area (Å²) in [7, 11) is 0. The van der Waals surface area contributed by atoms with Gasteiger partial charge in [0.1, 0.15) is 0 Å². The Morgan fingerprint density at radius 2 is 1.80 bits per heavy atom. The Hall–Kier alpha value is -1.55. The fourth-order valence-corrected chi connectivity index (χ4v) is 2.89. The van der Waals surface area contributed by atoms with Gasteiger partial charge in [-0.1, -0.05) is 30.1 Å². The second kappa shape index (κ2) is 6.27. The van der Waals surface area contributed by atoms with Crippen molar-refractivity contribution in [3.05, 3.63) is 29.8 Å². The SMILES string of the molecule is OCC1CC(c2ccc(N3CCCCCC3)cc2)=NO1. The summed E-state index contributed by atoms with van der Waals surface area (Å²) in [5.74, 6) is 0. The van der Waals surface area contributed by atoms with Crippen molar-refractivity contribution in [3.8, 4) is 0 Å². The van der Waals surface area contributed by atoms with E-state index >= 15 is 0 Å². The summed E-state index contributed by atoms with van der Waals surface area (Å²) in [4.78, 5) is 7.63. The minimum absolute atomic E-state index is 0.0266. The van der Waals surface area contributed by atoms with Crippen LogP contribution in [0.2, 0.25) is 0 Å². The molecule has 1 atom stereocenters. The zero-order valence-electron chi connectivity index (χ0n) is 11.8. The van der Waals surface area contributed by atoms with E-state index in [-0.39, 0.29) is 12.7 Å². The largest absolute Gasteiger partial charge is 0.392 e. The van der Waals surface area contributed by atoms with E-state index in [1.54, 1.807) is 0 Å². The average molecular weight is 274 g/mol. The van der Waals surface area contributed by atoms with E-state index in [9.17, 15) is 0 Å². The Labute approximate surface area is 120 Å². The Kier molecular flexibility index (Phi) is 4.21. The fourth-order valence-electron chi connectivity index (χ4n) is 2.89. The van der Waals surface area contributed by atoms with Gasteiger partial charge in [0.15, 0.2) is 6.10 Å². The lowest BCUT2D eigenvalue weighted by Crippen LogP contribution is -2.23. The molecule has 1 aromatic rings. The third kappa shape index (κ3) is 2.96. The minimum atomic E-state index is -0.171. The Morgan fingerprint density at radius 1 is 1.10 bits per heavy atom. The highest BCUT2D eigenvalue weighted by atomic mass is 16.6. The Morgan fingerprint density at radius 3 is 2.40 bits per heavy atom. The van der Waals surface area contributed by atoms with Crippen LogP contribution in [0.15, 0.2) is 29.4 Å². The molecule has 1 unspecified atom stereocenters. The molecule has 0 radical (unpaired) electrons. The van der Waals surface area contributed by atoms with Crippen LogP contribution in [0.1, 0.15) is 37.7 Å². The topological polar surface area (TPSA) is 45.1 Å². The smallest absolute Gasteiger partial charge is 0.156 e. The summed E-state index contributed by atoms with van der Waals surface area (Å²) in [5, 5.41) is 13.1. The van der Waals surface area contributed by atoms with E-state index in [1.165, 1.54) is 31.4 Å². The van der Waals surface area contributed by atoms with Gasteiger partial charge in [-0.15, -0.1) is 0 Å². The number of hydrogen-bond acceptors (Lipinski definition) is 4. The van der Waals surface area contributed by atoms with Gasteiger partial charge >= 0.3 is 0 Å². The summed E-state index contributed by atoms with van der Waals surface area (Å²) in [6.45, 7) is 2.35. The van der Waals surface area contributed by atoms with Crippen molar-refractivity contribution in [2.75, 3.05) is 24.6 Å². The molecule has 1 saturated heterocycles. The predicted octanol–water partition coefficient (Wildman–Crippen LogP) is 2.55. The molecule has 20 heavy (non-hydrogen) atoms. The molecule has 0 bridgehead atoms. The molecule has 0 aliphatic carbocycles. The zero-order chi connectivity index (χ0) is 13.8. The quantitative estimate of drug-likeness (QED) is 0.921. The molecule has 0 saturated carbocycles. The first-order valence-electron chi connectivity index (χ1n) is 7.56. The first-order valence-corrected chi connectivity index (χ1v) is 7.56. The number of hydrogen-bond donors (Lipinski definition) is 1. The third-order valence-electron chi connectivity index (χ3n) is 4.11. The summed E-state index contributed by atoms with van der Waals surface area (Å²) < 4.78 is 0. The molecule has 2 aliphatic rings. The summed E-state index contributed by atoms with van der Waals surface area (Å²) in [6, 6.07) is 8.58. The first-order chi connectivity index (χ1) is 9.86. The van der Waals surface area contributed by atoms with Crippen LogP contribution in [0.3, 0.4) is 0 Å². The van der Waals surface area contributed by atoms with Gasteiger partial charge in [-0.3, -0.25) is 0 Å². The van der Waals surface area contributed by atoms with E-state index < -0.39 is 0 Å². The van der Waals surface area contributed by atoms with Crippen molar-refractivity contribution >= 4 is 11.4 Å². The van der Waals surface area contributed by atoms with Crippen LogP contribution in [0.4, 0.5) is 5.69 Å². The van der Waals surface area contributed by atoms with Crippen LogP contribution in [0, 0.1) is 0 Å². The van der Waals surface area contributed by atoms with Crippen LogP contribution in [0.5, 0.6) is 0 Å². The average Bonchev–Trinajstić information content (AvgIpc) is 2.82. The molecule has 4 nitrogen and oxygen atoms in total. The van der Waals surface area contributed by atoms with Crippen molar-refractivity contribution < 1.29 is 9.94 Å². The molecule has 0 aromatic heterocycles. The van der Waals surface area contributed by atoms with E-state index in [0.717, 1.165) is 24.4 Å². The van der Waals surface area contributed by atoms with Crippen LogP contribution in [-0.4, -0.2) is 36.6 Å². The van der Waals surface area contributed by atoms with E-state index in [2.05, 4.69) is 34.3 Å². The first kappa shape index (κ1) is 13.4. The highest BCUT2D eigenvalue weighted by molar-refractivity contribution is 6.01. The number of benzene rings is 1. The Balaban J connectivity index is 1.68. The van der Waals surface area contributed by atoms with Crippen molar-refractivity contribution in [2.45, 2.75) is 38.2 Å². The van der Waals surface area contributed by atoms with Gasteiger partial charge in [0.2, 0.25) is 0 Å². The predicted molar refractivity (Wildman–Crippen MR) is 80.2 cm³/mol. The molecule has 1 fully saturated rings. The van der Waals surface area contributed by atoms with Gasteiger partial charge in [-0.2, -0.15) is 0 Å². The van der Waals surface area contributed by atoms with Gasteiger partial charge in [-0.05, 0) is 30.5 Å². The van der Waals surface area contributed by atoms with Crippen molar-refractivity contribution in [1.29, 1.82) is 0 Å². The fraction of sp³-hybridized carbons (Fsp3) is 0.562. The molecule has 0 amide bonds. The maximum Gasteiger partial charge on any atom is 0.156 e.